The molecule has 2 rings (SSSR count). The van der Waals surface area contributed by atoms with Crippen molar-refractivity contribution in [2.45, 2.75) is 25.8 Å². The zero-order valence-corrected chi connectivity index (χ0v) is 14.7. The Morgan fingerprint density at radius 2 is 1.62 bits per heavy atom. The molecule has 0 fully saturated rings. The molecule has 2 N–H and O–H groups in total. The van der Waals surface area contributed by atoms with Crippen LogP contribution < -0.4 is 14.8 Å². The Kier molecular flexibility index (Phi) is 7.49. The quantitative estimate of drug-likeness (QED) is 0.638. The van der Waals surface area contributed by atoms with Gasteiger partial charge in [-0.05, 0) is 31.0 Å². The largest absolute Gasteiger partial charge is 0.490 e. The first-order chi connectivity index (χ1) is 12.6. The van der Waals surface area contributed by atoms with Crippen LogP contribution in [0.1, 0.15) is 31.4 Å². The minimum atomic E-state index is -1.09. The summed E-state index contributed by atoms with van der Waals surface area (Å²) < 4.78 is 11.1. The number of carboxylic acid groups (broad SMARTS) is 1. The minimum Gasteiger partial charge on any atom is -0.490 e. The third kappa shape index (κ3) is 5.81. The average Bonchev–Trinajstić information content (AvgIpc) is 2.65. The van der Waals surface area contributed by atoms with Crippen LogP contribution in [0.15, 0.2) is 54.6 Å². The molecule has 2 aromatic carbocycles. The molecule has 0 spiro atoms. The summed E-state index contributed by atoms with van der Waals surface area (Å²) in [7, 11) is 0. The topological polar surface area (TPSA) is 84.9 Å². The molecular formula is C20H23NO5. The van der Waals surface area contributed by atoms with Gasteiger partial charge in [-0.25, -0.2) is 4.79 Å². The van der Waals surface area contributed by atoms with Crippen LogP contribution in [0, 0.1) is 0 Å². The molecule has 0 aliphatic carbocycles. The molecule has 0 aliphatic rings. The number of aliphatic carboxylic acids is 1. The molecule has 0 heterocycles. The van der Waals surface area contributed by atoms with Crippen LogP contribution in [-0.4, -0.2) is 30.2 Å². The summed E-state index contributed by atoms with van der Waals surface area (Å²) in [6, 6.07) is 14.9. The van der Waals surface area contributed by atoms with Gasteiger partial charge in [0.25, 0.3) is 0 Å². The summed E-state index contributed by atoms with van der Waals surface area (Å²) >= 11 is 0. The zero-order valence-electron chi connectivity index (χ0n) is 14.7. The number of nitrogens with one attached hydrogen (secondary N) is 1. The average molecular weight is 357 g/mol. The van der Waals surface area contributed by atoms with Crippen LogP contribution in [0.2, 0.25) is 0 Å². The lowest BCUT2D eigenvalue weighted by molar-refractivity contribution is -0.142. The highest BCUT2D eigenvalue weighted by Crippen LogP contribution is 2.26. The molecule has 0 aromatic heterocycles. The van der Waals surface area contributed by atoms with Crippen molar-refractivity contribution in [2.24, 2.45) is 0 Å². The fourth-order valence-corrected chi connectivity index (χ4v) is 2.43. The first-order valence-corrected chi connectivity index (χ1v) is 8.53. The number of para-hydroxylation sites is 2. The van der Waals surface area contributed by atoms with Crippen molar-refractivity contribution < 1.29 is 24.2 Å². The van der Waals surface area contributed by atoms with Crippen molar-refractivity contribution in [1.82, 2.24) is 5.32 Å². The third-order valence-electron chi connectivity index (χ3n) is 3.64. The number of carbonyl (C=O) groups is 2. The van der Waals surface area contributed by atoms with E-state index in [2.05, 4.69) is 5.32 Å². The van der Waals surface area contributed by atoms with Gasteiger partial charge in [0.05, 0.1) is 13.2 Å². The van der Waals surface area contributed by atoms with Gasteiger partial charge < -0.3 is 19.9 Å². The van der Waals surface area contributed by atoms with Gasteiger partial charge >= 0.3 is 5.97 Å². The smallest absolute Gasteiger partial charge is 0.330 e. The Hall–Kier alpha value is -3.02. The molecule has 0 saturated heterocycles. The van der Waals surface area contributed by atoms with Gasteiger partial charge in [0.15, 0.2) is 17.5 Å². The zero-order chi connectivity index (χ0) is 18.8. The van der Waals surface area contributed by atoms with E-state index >= 15 is 0 Å². The Labute approximate surface area is 152 Å². The van der Waals surface area contributed by atoms with Gasteiger partial charge in [-0.3, -0.25) is 4.79 Å². The Balaban J connectivity index is 1.81. The van der Waals surface area contributed by atoms with Gasteiger partial charge in [-0.1, -0.05) is 42.5 Å². The van der Waals surface area contributed by atoms with Gasteiger partial charge in [0.1, 0.15) is 0 Å². The lowest BCUT2D eigenvalue weighted by Gasteiger charge is -2.15. The Morgan fingerprint density at radius 1 is 1.00 bits per heavy atom. The van der Waals surface area contributed by atoms with E-state index in [0.717, 1.165) is 0 Å². The second-order valence-corrected chi connectivity index (χ2v) is 5.58. The van der Waals surface area contributed by atoms with Crippen molar-refractivity contribution in [3.63, 3.8) is 0 Å². The molecule has 6 nitrogen and oxygen atoms in total. The van der Waals surface area contributed by atoms with E-state index in [9.17, 15) is 14.7 Å². The van der Waals surface area contributed by atoms with E-state index < -0.39 is 12.0 Å². The van der Waals surface area contributed by atoms with Gasteiger partial charge in [0, 0.05) is 6.42 Å². The monoisotopic (exact) mass is 357 g/mol. The van der Waals surface area contributed by atoms with Crippen LogP contribution in [0.25, 0.3) is 0 Å². The van der Waals surface area contributed by atoms with Crippen LogP contribution in [0.5, 0.6) is 11.5 Å². The van der Waals surface area contributed by atoms with E-state index in [4.69, 9.17) is 9.47 Å². The van der Waals surface area contributed by atoms with Gasteiger partial charge in [-0.2, -0.15) is 0 Å². The van der Waals surface area contributed by atoms with E-state index in [0.29, 0.717) is 36.7 Å². The summed E-state index contributed by atoms with van der Waals surface area (Å²) in [4.78, 5) is 23.5. The molecule has 138 valence electrons. The van der Waals surface area contributed by atoms with E-state index in [1.807, 2.05) is 25.1 Å². The van der Waals surface area contributed by atoms with E-state index in [-0.39, 0.29) is 12.3 Å². The van der Waals surface area contributed by atoms with Crippen LogP contribution in [0.4, 0.5) is 0 Å². The van der Waals surface area contributed by atoms with Crippen LogP contribution in [-0.2, 0) is 9.59 Å². The highest BCUT2D eigenvalue weighted by Gasteiger charge is 2.21. The summed E-state index contributed by atoms with van der Waals surface area (Å²) in [5, 5.41) is 11.9. The molecule has 0 unspecified atom stereocenters. The molecule has 26 heavy (non-hydrogen) atoms. The molecule has 1 amide bonds. The fourth-order valence-electron chi connectivity index (χ4n) is 2.43. The van der Waals surface area contributed by atoms with Crippen molar-refractivity contribution in [3.8, 4) is 11.5 Å². The number of hydrogen-bond donors (Lipinski definition) is 2. The molecular weight excluding hydrogens is 334 g/mol. The Morgan fingerprint density at radius 3 is 2.23 bits per heavy atom. The lowest BCUT2D eigenvalue weighted by atomic mass is 10.1. The first-order valence-electron chi connectivity index (χ1n) is 8.53. The maximum Gasteiger partial charge on any atom is 0.330 e. The van der Waals surface area contributed by atoms with E-state index in [1.165, 1.54) is 0 Å². The second-order valence-electron chi connectivity index (χ2n) is 5.58. The molecule has 0 aliphatic heterocycles. The summed E-state index contributed by atoms with van der Waals surface area (Å²) in [5.41, 5.74) is 0.537. The predicted octanol–water partition coefficient (Wildman–Crippen LogP) is 3.19. The van der Waals surface area contributed by atoms with E-state index in [1.54, 1.807) is 36.4 Å². The van der Waals surface area contributed by atoms with Crippen LogP contribution >= 0.6 is 0 Å². The van der Waals surface area contributed by atoms with Crippen molar-refractivity contribution in [3.05, 3.63) is 60.2 Å². The molecule has 6 heteroatoms. The van der Waals surface area contributed by atoms with Crippen molar-refractivity contribution in [1.29, 1.82) is 0 Å². The molecule has 0 bridgehead atoms. The molecule has 1 atom stereocenters. The van der Waals surface area contributed by atoms with Gasteiger partial charge in [-0.15, -0.1) is 0 Å². The SMILES string of the molecule is CCOc1ccccc1OCCCC(=O)N[C@H](C(=O)O)c1ccccc1. The highest BCUT2D eigenvalue weighted by atomic mass is 16.5. The standard InChI is InChI=1S/C20H23NO5/c1-2-25-16-11-6-7-12-17(16)26-14-8-13-18(22)21-19(20(23)24)15-9-4-3-5-10-15/h3-7,9-12,19H,2,8,13-14H2,1H3,(H,21,22)(H,23,24)/t19-/m0/s1. The maximum atomic E-state index is 12.1. The number of rotatable bonds is 10. The second kappa shape index (κ2) is 10.1. The number of amides is 1. The Bertz CT molecular complexity index is 717. The predicted molar refractivity (Wildman–Crippen MR) is 97.3 cm³/mol. The van der Waals surface area contributed by atoms with Crippen molar-refractivity contribution >= 4 is 11.9 Å². The first kappa shape index (κ1) is 19.3. The lowest BCUT2D eigenvalue weighted by Crippen LogP contribution is -2.33. The normalized spacial score (nSPS) is 11.4. The maximum absolute atomic E-state index is 12.1. The molecule has 0 saturated carbocycles. The minimum absolute atomic E-state index is 0.174. The van der Waals surface area contributed by atoms with Crippen LogP contribution in [0.3, 0.4) is 0 Å². The molecule has 0 radical (unpaired) electrons. The van der Waals surface area contributed by atoms with Gasteiger partial charge in [0.2, 0.25) is 5.91 Å². The number of carbonyl (C=O) groups excluding carboxylic acids is 1. The highest BCUT2D eigenvalue weighted by molar-refractivity contribution is 5.84. The summed E-state index contributed by atoms with van der Waals surface area (Å²) in [5.74, 6) is -0.133. The number of benzene rings is 2. The summed E-state index contributed by atoms with van der Waals surface area (Å²) in [6.45, 7) is 2.77. The number of carboxylic acids is 1. The third-order valence-corrected chi connectivity index (χ3v) is 3.64. The van der Waals surface area contributed by atoms with Crippen molar-refractivity contribution in [2.75, 3.05) is 13.2 Å². The number of hydrogen-bond acceptors (Lipinski definition) is 4. The summed E-state index contributed by atoms with van der Waals surface area (Å²) in [6.07, 6.45) is 0.640. The fraction of sp³-hybridized carbons (Fsp3) is 0.300. The number of ether oxygens (including phenoxy) is 2. The molecule has 2 aromatic rings.